The first-order valence-corrected chi connectivity index (χ1v) is 10.3. The molecule has 2 atom stereocenters. The minimum absolute atomic E-state index is 0.0454. The molecule has 1 aliphatic rings. The SMILES string of the molecule is CCCCNC(=O)C1CCCN(C(=O)C(C)Oc2cccc(C(C)C)c2)C1. The maximum atomic E-state index is 12.8. The van der Waals surface area contributed by atoms with E-state index in [9.17, 15) is 9.59 Å². The summed E-state index contributed by atoms with van der Waals surface area (Å²) in [6.45, 7) is 10.0. The van der Waals surface area contributed by atoms with Crippen molar-refractivity contribution >= 4 is 11.8 Å². The molecule has 2 amide bonds. The van der Waals surface area contributed by atoms with Gasteiger partial charge >= 0.3 is 0 Å². The van der Waals surface area contributed by atoms with Crippen molar-refractivity contribution in [2.24, 2.45) is 5.92 Å². The number of carbonyl (C=O) groups is 2. The maximum absolute atomic E-state index is 12.8. The van der Waals surface area contributed by atoms with Crippen LogP contribution in [0.4, 0.5) is 0 Å². The van der Waals surface area contributed by atoms with Crippen LogP contribution in [0.1, 0.15) is 64.9 Å². The molecule has 2 unspecified atom stereocenters. The number of hydrogen-bond acceptors (Lipinski definition) is 3. The van der Waals surface area contributed by atoms with E-state index in [0.717, 1.165) is 25.7 Å². The first kappa shape index (κ1) is 21.3. The Bertz CT molecular complexity index is 630. The van der Waals surface area contributed by atoms with Gasteiger partial charge in [0.15, 0.2) is 6.10 Å². The number of benzene rings is 1. The topological polar surface area (TPSA) is 58.6 Å². The monoisotopic (exact) mass is 374 g/mol. The molecule has 0 radical (unpaired) electrons. The Morgan fingerprint density at radius 1 is 1.30 bits per heavy atom. The summed E-state index contributed by atoms with van der Waals surface area (Å²) in [5.74, 6) is 1.03. The normalized spacial score (nSPS) is 18.3. The summed E-state index contributed by atoms with van der Waals surface area (Å²) < 4.78 is 5.90. The van der Waals surface area contributed by atoms with E-state index in [4.69, 9.17) is 4.74 Å². The van der Waals surface area contributed by atoms with E-state index in [2.05, 4.69) is 32.2 Å². The zero-order valence-electron chi connectivity index (χ0n) is 17.2. The van der Waals surface area contributed by atoms with Gasteiger partial charge in [-0.15, -0.1) is 0 Å². The average Bonchev–Trinajstić information content (AvgIpc) is 2.67. The van der Waals surface area contributed by atoms with Gasteiger partial charge in [-0.1, -0.05) is 39.3 Å². The molecule has 0 spiro atoms. The minimum atomic E-state index is -0.561. The zero-order chi connectivity index (χ0) is 19.8. The van der Waals surface area contributed by atoms with Crippen LogP contribution in [-0.2, 0) is 9.59 Å². The number of likely N-dealkylation sites (tertiary alicyclic amines) is 1. The van der Waals surface area contributed by atoms with Gasteiger partial charge in [0.1, 0.15) is 5.75 Å². The van der Waals surface area contributed by atoms with Gasteiger partial charge in [0.2, 0.25) is 5.91 Å². The summed E-state index contributed by atoms with van der Waals surface area (Å²) in [6.07, 6.45) is 3.18. The molecule has 150 valence electrons. The van der Waals surface area contributed by atoms with Crippen molar-refractivity contribution < 1.29 is 14.3 Å². The van der Waals surface area contributed by atoms with Crippen molar-refractivity contribution in [2.45, 2.75) is 65.4 Å². The number of hydrogen-bond donors (Lipinski definition) is 1. The fourth-order valence-electron chi connectivity index (χ4n) is 3.38. The van der Waals surface area contributed by atoms with Gasteiger partial charge in [0.25, 0.3) is 5.91 Å². The number of carbonyl (C=O) groups excluding carboxylic acids is 2. The second kappa shape index (κ2) is 10.3. The number of piperidine rings is 1. The van der Waals surface area contributed by atoms with Crippen LogP contribution >= 0.6 is 0 Å². The van der Waals surface area contributed by atoms with Crippen LogP contribution in [-0.4, -0.2) is 42.5 Å². The van der Waals surface area contributed by atoms with Crippen LogP contribution in [0.3, 0.4) is 0 Å². The predicted molar refractivity (Wildman–Crippen MR) is 108 cm³/mol. The molecule has 1 aromatic carbocycles. The molecule has 1 aromatic rings. The lowest BCUT2D eigenvalue weighted by atomic mass is 9.96. The lowest BCUT2D eigenvalue weighted by Gasteiger charge is -2.33. The third kappa shape index (κ3) is 6.26. The quantitative estimate of drug-likeness (QED) is 0.705. The predicted octanol–water partition coefficient (Wildman–Crippen LogP) is 3.73. The average molecular weight is 375 g/mol. The number of rotatable bonds is 8. The molecular formula is C22H34N2O3. The first-order valence-electron chi connectivity index (χ1n) is 10.3. The Morgan fingerprint density at radius 3 is 2.78 bits per heavy atom. The molecule has 5 nitrogen and oxygen atoms in total. The summed E-state index contributed by atoms with van der Waals surface area (Å²) in [7, 11) is 0. The highest BCUT2D eigenvalue weighted by Gasteiger charge is 2.31. The molecule has 0 aromatic heterocycles. The number of unbranched alkanes of at least 4 members (excludes halogenated alkanes) is 1. The molecule has 27 heavy (non-hydrogen) atoms. The third-order valence-corrected chi connectivity index (χ3v) is 5.12. The number of nitrogens with zero attached hydrogens (tertiary/aromatic N) is 1. The summed E-state index contributed by atoms with van der Waals surface area (Å²) >= 11 is 0. The standard InChI is InChI=1S/C22H34N2O3/c1-5-6-12-23-21(25)19-10-8-13-24(15-19)22(26)17(4)27-20-11-7-9-18(14-20)16(2)3/h7,9,11,14,16-17,19H,5-6,8,10,12-13,15H2,1-4H3,(H,23,25). The Kier molecular flexibility index (Phi) is 8.14. The molecular weight excluding hydrogens is 340 g/mol. The number of nitrogens with one attached hydrogen (secondary N) is 1. The first-order chi connectivity index (χ1) is 12.9. The summed E-state index contributed by atoms with van der Waals surface area (Å²) in [4.78, 5) is 26.9. The molecule has 1 heterocycles. The Morgan fingerprint density at radius 2 is 2.07 bits per heavy atom. The Balaban J connectivity index is 1.91. The van der Waals surface area contributed by atoms with Gasteiger partial charge in [0.05, 0.1) is 5.92 Å². The second-order valence-electron chi connectivity index (χ2n) is 7.76. The fraction of sp³-hybridized carbons (Fsp3) is 0.636. The lowest BCUT2D eigenvalue weighted by molar-refractivity contribution is -0.141. The van der Waals surface area contributed by atoms with E-state index in [1.165, 1.54) is 5.56 Å². The van der Waals surface area contributed by atoms with Gasteiger partial charge < -0.3 is 15.0 Å². The van der Waals surface area contributed by atoms with Crippen LogP contribution in [0.15, 0.2) is 24.3 Å². The second-order valence-corrected chi connectivity index (χ2v) is 7.76. The number of amides is 2. The highest BCUT2D eigenvalue weighted by molar-refractivity contribution is 5.83. The van der Waals surface area contributed by atoms with Crippen molar-refractivity contribution in [1.82, 2.24) is 10.2 Å². The molecule has 0 bridgehead atoms. The van der Waals surface area contributed by atoms with E-state index in [-0.39, 0.29) is 17.7 Å². The van der Waals surface area contributed by atoms with Crippen molar-refractivity contribution in [3.8, 4) is 5.75 Å². The summed E-state index contributed by atoms with van der Waals surface area (Å²) in [5, 5.41) is 2.99. The smallest absolute Gasteiger partial charge is 0.263 e. The molecule has 0 saturated carbocycles. The van der Waals surface area contributed by atoms with Gasteiger partial charge in [-0.3, -0.25) is 9.59 Å². The Labute approximate surface area is 163 Å². The summed E-state index contributed by atoms with van der Waals surface area (Å²) in [5.41, 5.74) is 1.19. The highest BCUT2D eigenvalue weighted by Crippen LogP contribution is 2.22. The van der Waals surface area contributed by atoms with E-state index >= 15 is 0 Å². The molecule has 1 saturated heterocycles. The van der Waals surface area contributed by atoms with E-state index in [1.807, 2.05) is 18.2 Å². The highest BCUT2D eigenvalue weighted by atomic mass is 16.5. The van der Waals surface area contributed by atoms with Crippen molar-refractivity contribution in [1.29, 1.82) is 0 Å². The molecule has 2 rings (SSSR count). The van der Waals surface area contributed by atoms with Crippen molar-refractivity contribution in [3.05, 3.63) is 29.8 Å². The van der Waals surface area contributed by atoms with E-state index < -0.39 is 6.10 Å². The van der Waals surface area contributed by atoms with E-state index in [0.29, 0.717) is 31.3 Å². The molecule has 1 aliphatic heterocycles. The molecule has 0 aliphatic carbocycles. The third-order valence-electron chi connectivity index (χ3n) is 5.12. The zero-order valence-corrected chi connectivity index (χ0v) is 17.2. The Hall–Kier alpha value is -2.04. The van der Waals surface area contributed by atoms with Crippen molar-refractivity contribution in [2.75, 3.05) is 19.6 Å². The number of ether oxygens (including phenoxy) is 1. The van der Waals surface area contributed by atoms with Crippen LogP contribution in [0.25, 0.3) is 0 Å². The van der Waals surface area contributed by atoms with Crippen LogP contribution in [0.2, 0.25) is 0 Å². The fourth-order valence-corrected chi connectivity index (χ4v) is 3.38. The molecule has 5 heteroatoms. The molecule has 1 N–H and O–H groups in total. The van der Waals surface area contributed by atoms with Crippen LogP contribution in [0, 0.1) is 5.92 Å². The van der Waals surface area contributed by atoms with Crippen molar-refractivity contribution in [3.63, 3.8) is 0 Å². The van der Waals surface area contributed by atoms with Gasteiger partial charge in [-0.05, 0) is 49.8 Å². The largest absolute Gasteiger partial charge is 0.481 e. The van der Waals surface area contributed by atoms with Gasteiger partial charge in [-0.25, -0.2) is 0 Å². The van der Waals surface area contributed by atoms with Crippen LogP contribution in [0.5, 0.6) is 5.75 Å². The van der Waals surface area contributed by atoms with Gasteiger partial charge in [0, 0.05) is 19.6 Å². The van der Waals surface area contributed by atoms with E-state index in [1.54, 1.807) is 11.8 Å². The molecule has 1 fully saturated rings. The summed E-state index contributed by atoms with van der Waals surface area (Å²) in [6, 6.07) is 7.90. The minimum Gasteiger partial charge on any atom is -0.481 e. The van der Waals surface area contributed by atoms with Gasteiger partial charge in [-0.2, -0.15) is 0 Å². The van der Waals surface area contributed by atoms with Crippen LogP contribution < -0.4 is 10.1 Å². The lowest BCUT2D eigenvalue weighted by Crippen LogP contribution is -2.49. The maximum Gasteiger partial charge on any atom is 0.263 e.